The summed E-state index contributed by atoms with van der Waals surface area (Å²) in [5.74, 6) is 0.292. The molecule has 2 rings (SSSR count). The average molecular weight is 150 g/mol. The number of carbonyl (C=O) groups excluding carboxylic acids is 1. The number of nitrogens with zero attached hydrogens (tertiary/aromatic N) is 1. The van der Waals surface area contributed by atoms with E-state index < -0.39 is 0 Å². The second-order valence-electron chi connectivity index (χ2n) is 2.20. The largest absolute Gasteiger partial charge is 0.423 e. The number of aromatic nitrogens is 1. The quantitative estimate of drug-likeness (QED) is 0.544. The number of carbonyl (C=O) groups is 1. The number of rotatable bonds is 0. The van der Waals surface area contributed by atoms with Crippen LogP contribution in [0, 0.1) is 0 Å². The van der Waals surface area contributed by atoms with Gasteiger partial charge >= 0.3 is 5.97 Å². The van der Waals surface area contributed by atoms with E-state index in [-0.39, 0.29) is 12.5 Å². The van der Waals surface area contributed by atoms with Gasteiger partial charge in [-0.15, -0.1) is 0 Å². The van der Waals surface area contributed by atoms with Gasteiger partial charge in [0.05, 0.1) is 11.9 Å². The van der Waals surface area contributed by atoms with Crippen LogP contribution in [0.4, 0.5) is 5.69 Å². The summed E-state index contributed by atoms with van der Waals surface area (Å²) in [5.41, 5.74) is 0.770. The number of anilines is 1. The number of hydrogen-bond donors (Lipinski definition) is 1. The van der Waals surface area contributed by atoms with Crippen molar-refractivity contribution in [3.8, 4) is 5.75 Å². The Morgan fingerprint density at radius 2 is 2.55 bits per heavy atom. The molecule has 11 heavy (non-hydrogen) atoms. The Hall–Kier alpha value is -1.58. The summed E-state index contributed by atoms with van der Waals surface area (Å²) in [7, 11) is 0. The molecule has 1 aliphatic rings. The first-order chi connectivity index (χ1) is 5.36. The monoisotopic (exact) mass is 150 g/mol. The SMILES string of the molecule is O=C1CNc2cnccc2O1. The van der Waals surface area contributed by atoms with Crippen molar-refractivity contribution >= 4 is 11.7 Å². The van der Waals surface area contributed by atoms with E-state index in [1.54, 1.807) is 18.5 Å². The Kier molecular flexibility index (Phi) is 1.25. The molecule has 4 nitrogen and oxygen atoms in total. The molecule has 0 atom stereocenters. The van der Waals surface area contributed by atoms with E-state index in [0.29, 0.717) is 5.75 Å². The maximum absolute atomic E-state index is 10.7. The van der Waals surface area contributed by atoms with Crippen LogP contribution in [0.15, 0.2) is 18.5 Å². The molecule has 1 N–H and O–H groups in total. The first-order valence-electron chi connectivity index (χ1n) is 3.25. The fourth-order valence-electron chi connectivity index (χ4n) is 0.930. The van der Waals surface area contributed by atoms with Gasteiger partial charge in [0.15, 0.2) is 5.75 Å². The lowest BCUT2D eigenvalue weighted by atomic mass is 10.3. The Bertz CT molecular complexity index is 298. The van der Waals surface area contributed by atoms with Crippen molar-refractivity contribution < 1.29 is 9.53 Å². The topological polar surface area (TPSA) is 51.2 Å². The van der Waals surface area contributed by atoms with Crippen molar-refractivity contribution in [1.82, 2.24) is 4.98 Å². The summed E-state index contributed by atoms with van der Waals surface area (Å²) in [5, 5.41) is 2.88. The molecular weight excluding hydrogens is 144 g/mol. The Morgan fingerprint density at radius 1 is 1.64 bits per heavy atom. The van der Waals surface area contributed by atoms with Crippen LogP contribution in [0.5, 0.6) is 5.75 Å². The van der Waals surface area contributed by atoms with Crippen molar-refractivity contribution in [3.63, 3.8) is 0 Å². The third kappa shape index (κ3) is 1.02. The summed E-state index contributed by atoms with van der Waals surface area (Å²) in [6.45, 7) is 0.221. The smallest absolute Gasteiger partial charge is 0.330 e. The number of pyridine rings is 1. The molecular formula is C7H6N2O2. The molecule has 0 saturated heterocycles. The van der Waals surface area contributed by atoms with Crippen LogP contribution in [0.1, 0.15) is 0 Å². The molecule has 0 unspecified atom stereocenters. The number of esters is 1. The molecule has 0 aromatic carbocycles. The molecule has 0 radical (unpaired) electrons. The number of hydrogen-bond acceptors (Lipinski definition) is 4. The van der Waals surface area contributed by atoms with Gasteiger partial charge in [0, 0.05) is 12.3 Å². The summed E-state index contributed by atoms with van der Waals surface area (Å²) in [4.78, 5) is 14.6. The normalized spacial score (nSPS) is 14.7. The predicted molar refractivity (Wildman–Crippen MR) is 38.4 cm³/mol. The van der Waals surface area contributed by atoms with Crippen LogP contribution in [0.3, 0.4) is 0 Å². The van der Waals surface area contributed by atoms with E-state index >= 15 is 0 Å². The molecule has 56 valence electrons. The van der Waals surface area contributed by atoms with Crippen LogP contribution in [-0.4, -0.2) is 17.5 Å². The third-order valence-corrected chi connectivity index (χ3v) is 1.43. The van der Waals surface area contributed by atoms with Crippen LogP contribution >= 0.6 is 0 Å². The van der Waals surface area contributed by atoms with Crippen LogP contribution < -0.4 is 10.1 Å². The molecule has 0 aliphatic carbocycles. The van der Waals surface area contributed by atoms with Crippen molar-refractivity contribution in [2.75, 3.05) is 11.9 Å². The van der Waals surface area contributed by atoms with Crippen molar-refractivity contribution in [2.24, 2.45) is 0 Å². The van der Waals surface area contributed by atoms with Crippen molar-refractivity contribution in [1.29, 1.82) is 0 Å². The molecule has 1 aliphatic heterocycles. The molecule has 2 heterocycles. The molecule has 4 heteroatoms. The third-order valence-electron chi connectivity index (χ3n) is 1.43. The molecule has 1 aromatic rings. The predicted octanol–water partition coefficient (Wildman–Crippen LogP) is 0.413. The minimum absolute atomic E-state index is 0.221. The van der Waals surface area contributed by atoms with E-state index in [1.165, 1.54) is 0 Å². The van der Waals surface area contributed by atoms with Crippen LogP contribution in [-0.2, 0) is 4.79 Å². The first kappa shape index (κ1) is 6.15. The number of nitrogens with one attached hydrogen (secondary N) is 1. The highest BCUT2D eigenvalue weighted by Gasteiger charge is 2.14. The maximum atomic E-state index is 10.7. The standard InChI is InChI=1S/C7H6N2O2/c10-7-4-9-5-3-8-2-1-6(5)11-7/h1-3,9H,4H2. The van der Waals surface area contributed by atoms with Gasteiger partial charge in [0.2, 0.25) is 0 Å². The minimum atomic E-state index is -0.260. The van der Waals surface area contributed by atoms with Crippen molar-refractivity contribution in [2.45, 2.75) is 0 Å². The Balaban J connectivity index is 2.41. The fourth-order valence-corrected chi connectivity index (χ4v) is 0.930. The van der Waals surface area contributed by atoms with E-state index in [1.807, 2.05) is 0 Å². The van der Waals surface area contributed by atoms with Crippen molar-refractivity contribution in [3.05, 3.63) is 18.5 Å². The van der Waals surface area contributed by atoms with Gasteiger partial charge in [-0.05, 0) is 0 Å². The Labute approximate surface area is 63.2 Å². The minimum Gasteiger partial charge on any atom is -0.423 e. The molecule has 0 amide bonds. The van der Waals surface area contributed by atoms with Gasteiger partial charge < -0.3 is 10.1 Å². The second kappa shape index (κ2) is 2.23. The number of fused-ring (bicyclic) bond motifs is 1. The van der Waals surface area contributed by atoms with E-state index in [0.717, 1.165) is 5.69 Å². The van der Waals surface area contributed by atoms with Gasteiger partial charge in [-0.1, -0.05) is 0 Å². The number of ether oxygens (including phenoxy) is 1. The molecule has 0 spiro atoms. The molecule has 0 fully saturated rings. The maximum Gasteiger partial charge on any atom is 0.330 e. The van der Waals surface area contributed by atoms with Gasteiger partial charge in [0.1, 0.15) is 6.54 Å². The first-order valence-corrected chi connectivity index (χ1v) is 3.25. The zero-order chi connectivity index (χ0) is 7.68. The molecule has 1 aromatic heterocycles. The van der Waals surface area contributed by atoms with Crippen LogP contribution in [0.25, 0.3) is 0 Å². The highest BCUT2D eigenvalue weighted by Crippen LogP contribution is 2.24. The Morgan fingerprint density at radius 3 is 3.45 bits per heavy atom. The summed E-state index contributed by atoms with van der Waals surface area (Å²) >= 11 is 0. The second-order valence-corrected chi connectivity index (χ2v) is 2.20. The lowest BCUT2D eigenvalue weighted by Gasteiger charge is -2.15. The molecule has 0 saturated carbocycles. The summed E-state index contributed by atoms with van der Waals surface area (Å²) in [6, 6.07) is 1.65. The average Bonchev–Trinajstić information content (AvgIpc) is 2.04. The highest BCUT2D eigenvalue weighted by atomic mass is 16.5. The molecule has 0 bridgehead atoms. The summed E-state index contributed by atoms with van der Waals surface area (Å²) in [6.07, 6.45) is 3.21. The van der Waals surface area contributed by atoms with E-state index in [9.17, 15) is 4.79 Å². The van der Waals surface area contributed by atoms with E-state index in [2.05, 4.69) is 10.3 Å². The fraction of sp³-hybridized carbons (Fsp3) is 0.143. The van der Waals surface area contributed by atoms with Gasteiger partial charge in [-0.2, -0.15) is 0 Å². The van der Waals surface area contributed by atoms with Crippen LogP contribution in [0.2, 0.25) is 0 Å². The van der Waals surface area contributed by atoms with Gasteiger partial charge in [-0.25, -0.2) is 4.79 Å². The van der Waals surface area contributed by atoms with Gasteiger partial charge in [0.25, 0.3) is 0 Å². The lowest BCUT2D eigenvalue weighted by Crippen LogP contribution is -2.24. The lowest BCUT2D eigenvalue weighted by molar-refractivity contribution is -0.132. The van der Waals surface area contributed by atoms with Gasteiger partial charge in [-0.3, -0.25) is 4.98 Å². The van der Waals surface area contributed by atoms with E-state index in [4.69, 9.17) is 4.74 Å². The zero-order valence-electron chi connectivity index (χ0n) is 5.70. The highest BCUT2D eigenvalue weighted by molar-refractivity contribution is 5.82. The summed E-state index contributed by atoms with van der Waals surface area (Å²) < 4.78 is 4.89. The zero-order valence-corrected chi connectivity index (χ0v) is 5.70.